The van der Waals surface area contributed by atoms with E-state index in [2.05, 4.69) is 17.5 Å². The smallest absolute Gasteiger partial charge is 0.122 e. The minimum absolute atomic E-state index is 0.0450. The molecule has 0 fully saturated rings. The molecule has 0 aliphatic carbocycles. The molecule has 3 heteroatoms. The third-order valence-corrected chi connectivity index (χ3v) is 4.02. The van der Waals surface area contributed by atoms with Crippen molar-refractivity contribution in [1.82, 2.24) is 0 Å². The molecule has 2 nitrogen and oxygen atoms in total. The predicted molar refractivity (Wildman–Crippen MR) is 65.9 cm³/mol. The summed E-state index contributed by atoms with van der Waals surface area (Å²) in [6, 6.07) is 12.3. The number of rotatable bonds is 2. The van der Waals surface area contributed by atoms with Crippen molar-refractivity contribution in [3.63, 3.8) is 0 Å². The van der Waals surface area contributed by atoms with Crippen LogP contribution in [0.3, 0.4) is 0 Å². The lowest BCUT2D eigenvalue weighted by Crippen LogP contribution is -2.19. The van der Waals surface area contributed by atoms with Crippen LogP contribution in [0.4, 0.5) is 0 Å². The van der Waals surface area contributed by atoms with Crippen molar-refractivity contribution >= 4 is 11.3 Å². The van der Waals surface area contributed by atoms with Crippen LogP contribution in [0.2, 0.25) is 0 Å². The molecule has 1 aliphatic heterocycles. The van der Waals surface area contributed by atoms with Gasteiger partial charge in [-0.25, -0.2) is 0 Å². The van der Waals surface area contributed by atoms with Gasteiger partial charge in [0.2, 0.25) is 0 Å². The maximum absolute atomic E-state index is 6.29. The van der Waals surface area contributed by atoms with Crippen LogP contribution in [0.1, 0.15) is 22.4 Å². The van der Waals surface area contributed by atoms with Crippen LogP contribution >= 0.6 is 11.3 Å². The molecule has 0 radical (unpaired) electrons. The number of para-hydroxylation sites is 1. The van der Waals surface area contributed by atoms with Crippen LogP contribution in [0.5, 0.6) is 5.75 Å². The van der Waals surface area contributed by atoms with E-state index in [0.29, 0.717) is 6.61 Å². The second kappa shape index (κ2) is 3.92. The van der Waals surface area contributed by atoms with E-state index in [1.54, 1.807) is 11.3 Å². The van der Waals surface area contributed by atoms with E-state index in [1.807, 2.05) is 24.3 Å². The maximum atomic E-state index is 6.29. The Labute approximate surface area is 98.7 Å². The van der Waals surface area contributed by atoms with E-state index >= 15 is 0 Å². The molecular weight excluding hydrogens is 218 g/mol. The van der Waals surface area contributed by atoms with Crippen molar-refractivity contribution in [2.75, 3.05) is 6.61 Å². The van der Waals surface area contributed by atoms with Gasteiger partial charge in [0.15, 0.2) is 0 Å². The Hall–Kier alpha value is -1.32. The minimum Gasteiger partial charge on any atom is -0.493 e. The first-order valence-corrected chi connectivity index (χ1v) is 6.25. The van der Waals surface area contributed by atoms with Crippen molar-refractivity contribution in [2.24, 2.45) is 5.73 Å². The first kappa shape index (κ1) is 9.87. The summed E-state index contributed by atoms with van der Waals surface area (Å²) in [6.07, 6.45) is 0. The molecule has 2 atom stereocenters. The van der Waals surface area contributed by atoms with Crippen molar-refractivity contribution < 1.29 is 4.74 Å². The molecule has 2 N–H and O–H groups in total. The largest absolute Gasteiger partial charge is 0.493 e. The van der Waals surface area contributed by atoms with Crippen LogP contribution in [0.25, 0.3) is 0 Å². The fraction of sp³-hybridized carbons (Fsp3) is 0.231. The minimum atomic E-state index is 0.0450. The van der Waals surface area contributed by atoms with Gasteiger partial charge in [0.1, 0.15) is 5.75 Å². The zero-order valence-corrected chi connectivity index (χ0v) is 9.61. The standard InChI is InChI=1S/C13H13NOS/c14-13(12-6-3-7-16-12)10-8-15-11-5-2-1-4-9(10)11/h1-7,10,13H,8,14H2. The number of nitrogens with two attached hydrogens (primary N) is 1. The van der Waals surface area contributed by atoms with Crippen LogP contribution in [-0.2, 0) is 0 Å². The molecule has 1 aliphatic rings. The van der Waals surface area contributed by atoms with E-state index in [1.165, 1.54) is 10.4 Å². The van der Waals surface area contributed by atoms with Gasteiger partial charge >= 0.3 is 0 Å². The topological polar surface area (TPSA) is 35.2 Å². The molecule has 0 amide bonds. The number of hydrogen-bond acceptors (Lipinski definition) is 3. The average Bonchev–Trinajstić information content (AvgIpc) is 2.98. The quantitative estimate of drug-likeness (QED) is 0.862. The third-order valence-electron chi connectivity index (χ3n) is 3.04. The highest BCUT2D eigenvalue weighted by molar-refractivity contribution is 7.10. The number of fused-ring (bicyclic) bond motifs is 1. The van der Waals surface area contributed by atoms with E-state index < -0.39 is 0 Å². The Morgan fingerprint density at radius 3 is 2.94 bits per heavy atom. The van der Waals surface area contributed by atoms with E-state index in [4.69, 9.17) is 10.5 Å². The molecule has 3 rings (SSSR count). The molecule has 1 aromatic heterocycles. The summed E-state index contributed by atoms with van der Waals surface area (Å²) in [7, 11) is 0. The van der Waals surface area contributed by atoms with Gasteiger partial charge in [0.25, 0.3) is 0 Å². The third kappa shape index (κ3) is 1.52. The van der Waals surface area contributed by atoms with Crippen molar-refractivity contribution in [1.29, 1.82) is 0 Å². The Bertz CT molecular complexity index is 480. The molecule has 0 saturated carbocycles. The SMILES string of the molecule is NC(c1cccs1)C1COc2ccccc21. The Kier molecular flexibility index (Phi) is 2.42. The van der Waals surface area contributed by atoms with Gasteiger partial charge in [-0.15, -0.1) is 11.3 Å². The number of hydrogen-bond donors (Lipinski definition) is 1. The molecule has 82 valence electrons. The Morgan fingerprint density at radius 2 is 2.12 bits per heavy atom. The number of ether oxygens (including phenoxy) is 1. The molecule has 16 heavy (non-hydrogen) atoms. The van der Waals surface area contributed by atoms with Crippen LogP contribution in [0, 0.1) is 0 Å². The number of thiophene rings is 1. The highest BCUT2D eigenvalue weighted by atomic mass is 32.1. The highest BCUT2D eigenvalue weighted by Gasteiger charge is 2.30. The van der Waals surface area contributed by atoms with E-state index in [-0.39, 0.29) is 12.0 Å². The monoisotopic (exact) mass is 231 g/mol. The van der Waals surface area contributed by atoms with Gasteiger partial charge in [0.05, 0.1) is 6.61 Å². The zero-order chi connectivity index (χ0) is 11.0. The number of benzene rings is 1. The maximum Gasteiger partial charge on any atom is 0.122 e. The molecule has 0 bridgehead atoms. The van der Waals surface area contributed by atoms with Gasteiger partial charge in [-0.3, -0.25) is 0 Å². The fourth-order valence-electron chi connectivity index (χ4n) is 2.16. The summed E-state index contributed by atoms with van der Waals surface area (Å²) in [6.45, 7) is 0.693. The summed E-state index contributed by atoms with van der Waals surface area (Å²) >= 11 is 1.71. The molecule has 2 heterocycles. The van der Waals surface area contributed by atoms with Crippen molar-refractivity contribution in [2.45, 2.75) is 12.0 Å². The summed E-state index contributed by atoms with van der Waals surface area (Å²) in [5.41, 5.74) is 7.53. The summed E-state index contributed by atoms with van der Waals surface area (Å²) in [4.78, 5) is 1.23. The second-order valence-electron chi connectivity index (χ2n) is 4.00. The molecule has 2 aromatic rings. The summed E-state index contributed by atoms with van der Waals surface area (Å²) in [5.74, 6) is 1.27. The summed E-state index contributed by atoms with van der Waals surface area (Å²) < 4.78 is 5.65. The lowest BCUT2D eigenvalue weighted by atomic mass is 9.93. The Morgan fingerprint density at radius 1 is 1.25 bits per heavy atom. The van der Waals surface area contributed by atoms with Crippen molar-refractivity contribution in [3.8, 4) is 5.75 Å². The van der Waals surface area contributed by atoms with Crippen molar-refractivity contribution in [3.05, 3.63) is 52.2 Å². The normalized spacial score (nSPS) is 20.2. The first-order chi connectivity index (χ1) is 7.86. The van der Waals surface area contributed by atoms with Crippen LogP contribution in [0.15, 0.2) is 41.8 Å². The van der Waals surface area contributed by atoms with Crippen LogP contribution < -0.4 is 10.5 Å². The highest BCUT2D eigenvalue weighted by Crippen LogP contribution is 2.40. The zero-order valence-electron chi connectivity index (χ0n) is 8.80. The first-order valence-electron chi connectivity index (χ1n) is 5.37. The molecule has 0 spiro atoms. The van der Waals surface area contributed by atoms with Gasteiger partial charge in [-0.1, -0.05) is 24.3 Å². The van der Waals surface area contributed by atoms with Gasteiger partial charge in [0, 0.05) is 22.4 Å². The van der Waals surface area contributed by atoms with Gasteiger partial charge in [-0.05, 0) is 17.5 Å². The Balaban J connectivity index is 1.93. The lowest BCUT2D eigenvalue weighted by Gasteiger charge is -2.16. The van der Waals surface area contributed by atoms with E-state index in [0.717, 1.165) is 5.75 Å². The van der Waals surface area contributed by atoms with Gasteiger partial charge in [-0.2, -0.15) is 0 Å². The second-order valence-corrected chi connectivity index (χ2v) is 4.98. The molecule has 2 unspecified atom stereocenters. The molecular formula is C13H13NOS. The molecule has 1 aromatic carbocycles. The fourth-order valence-corrected chi connectivity index (χ4v) is 2.96. The summed E-state index contributed by atoms with van der Waals surface area (Å²) in [5, 5.41) is 2.07. The predicted octanol–water partition coefficient (Wildman–Crippen LogP) is 2.92. The lowest BCUT2D eigenvalue weighted by molar-refractivity contribution is 0.316. The average molecular weight is 231 g/mol. The van der Waals surface area contributed by atoms with Crippen LogP contribution in [-0.4, -0.2) is 6.61 Å². The van der Waals surface area contributed by atoms with E-state index in [9.17, 15) is 0 Å². The molecule has 0 saturated heterocycles. The van der Waals surface area contributed by atoms with Gasteiger partial charge < -0.3 is 10.5 Å².